The molecule has 8 nitrogen and oxygen atoms in total. The van der Waals surface area contributed by atoms with Crippen LogP contribution in [0.5, 0.6) is 0 Å². The van der Waals surface area contributed by atoms with Crippen molar-refractivity contribution in [2.75, 3.05) is 18.9 Å². The van der Waals surface area contributed by atoms with E-state index < -0.39 is 10.0 Å². The number of nitrogens with one attached hydrogen (secondary N) is 1. The number of imidazole rings is 1. The fourth-order valence-electron chi connectivity index (χ4n) is 3.22. The van der Waals surface area contributed by atoms with Crippen molar-refractivity contribution in [2.45, 2.75) is 45.2 Å². The molecule has 0 fully saturated rings. The van der Waals surface area contributed by atoms with Gasteiger partial charge < -0.3 is 15.0 Å². The normalized spacial score (nSPS) is 12.0. The lowest BCUT2D eigenvalue weighted by atomic mass is 10.2. The number of fused-ring (bicyclic) bond motifs is 1. The highest BCUT2D eigenvalue weighted by Crippen LogP contribution is 2.26. The number of hydrogen-bond donors (Lipinski definition) is 2. The molecule has 0 atom stereocenters. The summed E-state index contributed by atoms with van der Waals surface area (Å²) < 4.78 is 35.0. The van der Waals surface area contributed by atoms with Crippen LogP contribution in [0.25, 0.3) is 11.0 Å². The molecule has 0 radical (unpaired) electrons. The Morgan fingerprint density at radius 2 is 1.90 bits per heavy atom. The van der Waals surface area contributed by atoms with E-state index in [1.807, 2.05) is 20.8 Å². The van der Waals surface area contributed by atoms with Gasteiger partial charge in [-0.2, -0.15) is 0 Å². The largest absolute Gasteiger partial charge is 0.382 e. The molecule has 156 valence electrons. The first-order chi connectivity index (χ1) is 13.8. The van der Waals surface area contributed by atoms with Gasteiger partial charge in [0.15, 0.2) is 5.82 Å². The summed E-state index contributed by atoms with van der Waals surface area (Å²) in [6, 6.07) is 8.35. The third kappa shape index (κ3) is 4.58. The van der Waals surface area contributed by atoms with E-state index in [0.717, 1.165) is 22.6 Å². The van der Waals surface area contributed by atoms with Gasteiger partial charge in [0, 0.05) is 25.4 Å². The Morgan fingerprint density at radius 3 is 2.59 bits per heavy atom. The predicted molar refractivity (Wildman–Crippen MR) is 113 cm³/mol. The second-order valence-electron chi connectivity index (χ2n) is 6.79. The van der Waals surface area contributed by atoms with Gasteiger partial charge in [-0.1, -0.05) is 18.2 Å². The SMILES string of the molecule is CCOCc1nc2c(N)nc(C)c(C)c2n1CCCNS(=O)(=O)c1ccccc1. The Morgan fingerprint density at radius 1 is 1.17 bits per heavy atom. The number of rotatable bonds is 9. The number of nitrogens with two attached hydrogens (primary N) is 1. The van der Waals surface area contributed by atoms with Crippen molar-refractivity contribution < 1.29 is 13.2 Å². The molecule has 0 aliphatic rings. The number of benzene rings is 1. The standard InChI is InChI=1S/C20H27N5O3S/c1-4-28-13-17-24-18-19(14(2)15(3)23-20(18)21)25(17)12-8-11-22-29(26,27)16-9-6-5-7-10-16/h5-7,9-10,22H,4,8,11-13H2,1-3H3,(H2,21,23). The minimum atomic E-state index is -3.52. The van der Waals surface area contributed by atoms with Crippen molar-refractivity contribution >= 4 is 26.9 Å². The summed E-state index contributed by atoms with van der Waals surface area (Å²) in [6.45, 7) is 7.66. The van der Waals surface area contributed by atoms with Gasteiger partial charge in [-0.05, 0) is 44.9 Å². The van der Waals surface area contributed by atoms with Crippen molar-refractivity contribution in [3.05, 3.63) is 47.4 Å². The van der Waals surface area contributed by atoms with Gasteiger partial charge in [-0.25, -0.2) is 23.1 Å². The summed E-state index contributed by atoms with van der Waals surface area (Å²) >= 11 is 0. The number of ether oxygens (including phenoxy) is 1. The van der Waals surface area contributed by atoms with Crippen molar-refractivity contribution in [3.63, 3.8) is 0 Å². The molecule has 0 aliphatic carbocycles. The summed E-state index contributed by atoms with van der Waals surface area (Å²) in [4.78, 5) is 9.27. The summed E-state index contributed by atoms with van der Waals surface area (Å²) in [5, 5.41) is 0. The molecule has 9 heteroatoms. The molecule has 2 aromatic heterocycles. The lowest BCUT2D eigenvalue weighted by Crippen LogP contribution is -2.25. The topological polar surface area (TPSA) is 112 Å². The summed E-state index contributed by atoms with van der Waals surface area (Å²) in [5.41, 5.74) is 9.54. The molecule has 0 saturated heterocycles. The Kier molecular flexibility index (Phi) is 6.51. The Labute approximate surface area is 171 Å². The smallest absolute Gasteiger partial charge is 0.240 e. The zero-order valence-electron chi connectivity index (χ0n) is 17.0. The van der Waals surface area contributed by atoms with Gasteiger partial charge in [-0.3, -0.25) is 0 Å². The molecule has 3 N–H and O–H groups in total. The van der Waals surface area contributed by atoms with E-state index >= 15 is 0 Å². The molecule has 0 spiro atoms. The Hall–Kier alpha value is -2.49. The molecule has 0 bridgehead atoms. The van der Waals surface area contributed by atoms with Crippen molar-refractivity contribution in [1.82, 2.24) is 19.3 Å². The monoisotopic (exact) mass is 417 g/mol. The highest BCUT2D eigenvalue weighted by atomic mass is 32.2. The molecule has 1 aromatic carbocycles. The quantitative estimate of drug-likeness (QED) is 0.518. The number of nitrogens with zero attached hydrogens (tertiary/aromatic N) is 3. The maximum atomic E-state index is 12.4. The summed E-state index contributed by atoms with van der Waals surface area (Å²) in [7, 11) is -3.52. The number of anilines is 1. The minimum Gasteiger partial charge on any atom is -0.382 e. The van der Waals surface area contributed by atoms with Crippen LogP contribution in [0, 0.1) is 13.8 Å². The summed E-state index contributed by atoms with van der Waals surface area (Å²) in [5.74, 6) is 1.15. The number of sulfonamides is 1. The fraction of sp³-hybridized carbons (Fsp3) is 0.400. The van der Waals surface area contributed by atoms with Crippen molar-refractivity contribution in [3.8, 4) is 0 Å². The van der Waals surface area contributed by atoms with Crippen molar-refractivity contribution in [1.29, 1.82) is 0 Å². The van der Waals surface area contributed by atoms with Crippen LogP contribution in [0.15, 0.2) is 35.2 Å². The fourth-order valence-corrected chi connectivity index (χ4v) is 4.31. The van der Waals surface area contributed by atoms with E-state index in [-0.39, 0.29) is 4.90 Å². The van der Waals surface area contributed by atoms with Crippen LogP contribution >= 0.6 is 0 Å². The summed E-state index contributed by atoms with van der Waals surface area (Å²) in [6.07, 6.45) is 0.595. The first-order valence-corrected chi connectivity index (χ1v) is 11.1. The average Bonchev–Trinajstić information content (AvgIpc) is 3.07. The molecule has 29 heavy (non-hydrogen) atoms. The van der Waals surface area contributed by atoms with Crippen LogP contribution in [-0.2, 0) is 27.9 Å². The van der Waals surface area contributed by atoms with Gasteiger partial charge in [0.05, 0.1) is 10.4 Å². The van der Waals surface area contributed by atoms with Crippen LogP contribution in [0.1, 0.15) is 30.4 Å². The van der Waals surface area contributed by atoms with E-state index in [2.05, 4.69) is 19.3 Å². The van der Waals surface area contributed by atoms with Crippen LogP contribution in [-0.4, -0.2) is 36.1 Å². The Bertz CT molecular complexity index is 1090. The van der Waals surface area contributed by atoms with E-state index in [0.29, 0.717) is 44.1 Å². The van der Waals surface area contributed by atoms with Crippen LogP contribution < -0.4 is 10.5 Å². The van der Waals surface area contributed by atoms with Gasteiger partial charge in [-0.15, -0.1) is 0 Å². The predicted octanol–water partition coefficient (Wildman–Crippen LogP) is 2.54. The maximum Gasteiger partial charge on any atom is 0.240 e. The van der Waals surface area contributed by atoms with E-state index in [4.69, 9.17) is 10.5 Å². The second-order valence-corrected chi connectivity index (χ2v) is 8.55. The third-order valence-corrected chi connectivity index (χ3v) is 6.29. The van der Waals surface area contributed by atoms with Crippen LogP contribution in [0.4, 0.5) is 5.82 Å². The number of aromatic nitrogens is 3. The number of nitrogen functional groups attached to an aromatic ring is 1. The lowest BCUT2D eigenvalue weighted by Gasteiger charge is -2.12. The van der Waals surface area contributed by atoms with Crippen LogP contribution in [0.3, 0.4) is 0 Å². The first-order valence-electron chi connectivity index (χ1n) is 9.59. The molecule has 0 amide bonds. The van der Waals surface area contributed by atoms with Crippen molar-refractivity contribution in [2.24, 2.45) is 0 Å². The molecule has 0 aliphatic heterocycles. The highest BCUT2D eigenvalue weighted by molar-refractivity contribution is 7.89. The maximum absolute atomic E-state index is 12.4. The zero-order chi connectivity index (χ0) is 21.0. The molecular weight excluding hydrogens is 390 g/mol. The molecular formula is C20H27N5O3S. The van der Waals surface area contributed by atoms with Gasteiger partial charge in [0.25, 0.3) is 0 Å². The van der Waals surface area contributed by atoms with E-state index in [1.54, 1.807) is 30.3 Å². The second kappa shape index (κ2) is 8.89. The highest BCUT2D eigenvalue weighted by Gasteiger charge is 2.18. The van der Waals surface area contributed by atoms with Gasteiger partial charge >= 0.3 is 0 Å². The van der Waals surface area contributed by atoms with Gasteiger partial charge in [0.2, 0.25) is 10.0 Å². The van der Waals surface area contributed by atoms with E-state index in [1.165, 1.54) is 0 Å². The molecule has 0 unspecified atom stereocenters. The third-order valence-electron chi connectivity index (χ3n) is 4.81. The van der Waals surface area contributed by atoms with Crippen LogP contribution in [0.2, 0.25) is 0 Å². The number of aryl methyl sites for hydroxylation is 3. The molecule has 3 aromatic rings. The first kappa shape index (κ1) is 21.2. The van der Waals surface area contributed by atoms with E-state index in [9.17, 15) is 8.42 Å². The zero-order valence-corrected chi connectivity index (χ0v) is 17.8. The van der Waals surface area contributed by atoms with Gasteiger partial charge in [0.1, 0.15) is 17.9 Å². The lowest BCUT2D eigenvalue weighted by molar-refractivity contribution is 0.126. The molecule has 2 heterocycles. The minimum absolute atomic E-state index is 0.260. The average molecular weight is 418 g/mol. The Balaban J connectivity index is 1.80. The number of pyridine rings is 1. The molecule has 3 rings (SSSR count). The number of hydrogen-bond acceptors (Lipinski definition) is 6. The molecule has 0 saturated carbocycles.